The van der Waals surface area contributed by atoms with Crippen LogP contribution in [0.4, 0.5) is 5.69 Å². The van der Waals surface area contributed by atoms with Crippen LogP contribution in [0.2, 0.25) is 10.0 Å². The second kappa shape index (κ2) is 13.5. The van der Waals surface area contributed by atoms with Crippen molar-refractivity contribution in [1.29, 1.82) is 0 Å². The van der Waals surface area contributed by atoms with E-state index in [4.69, 9.17) is 27.9 Å². The summed E-state index contributed by atoms with van der Waals surface area (Å²) in [5, 5.41) is 3.66. The number of nitrogens with zero attached hydrogens (tertiary/aromatic N) is 2. The first-order valence-corrected chi connectivity index (χ1v) is 15.3. The molecule has 1 saturated carbocycles. The maximum Gasteiger partial charge on any atom is 0.242 e. The minimum Gasteiger partial charge on any atom is -0.497 e. The molecule has 2 aromatic rings. The second-order valence-electron chi connectivity index (χ2n) is 9.57. The van der Waals surface area contributed by atoms with Crippen LogP contribution in [0.5, 0.6) is 5.75 Å². The molecule has 11 heteroatoms. The number of nitrogens with one attached hydrogen (secondary N) is 1. The topological polar surface area (TPSA) is 96.0 Å². The SMILES string of the molecule is COc1cccc(CN(C(=O)CCCN(c2cc(Cl)ccc2Cl)S(C)(=O)=O)C(C)C(=O)NC2CCCC2)c1. The highest BCUT2D eigenvalue weighted by molar-refractivity contribution is 7.92. The fourth-order valence-electron chi connectivity index (χ4n) is 4.60. The molecule has 1 aliphatic carbocycles. The van der Waals surface area contributed by atoms with Crippen molar-refractivity contribution in [3.05, 3.63) is 58.1 Å². The summed E-state index contributed by atoms with van der Waals surface area (Å²) in [6.07, 6.45) is 5.38. The highest BCUT2D eigenvalue weighted by atomic mass is 35.5. The Labute approximate surface area is 235 Å². The third kappa shape index (κ3) is 8.25. The van der Waals surface area contributed by atoms with E-state index in [0.717, 1.165) is 41.8 Å². The molecule has 0 radical (unpaired) electrons. The summed E-state index contributed by atoms with van der Waals surface area (Å²) in [6.45, 7) is 1.96. The molecule has 1 N–H and O–H groups in total. The Morgan fingerprint density at radius 1 is 1.13 bits per heavy atom. The van der Waals surface area contributed by atoms with E-state index in [1.54, 1.807) is 20.1 Å². The van der Waals surface area contributed by atoms with Crippen molar-refractivity contribution in [1.82, 2.24) is 10.2 Å². The Kier molecular flexibility index (Phi) is 10.7. The molecule has 0 bridgehead atoms. The molecular formula is C27H35Cl2N3O5S. The Morgan fingerprint density at radius 3 is 2.50 bits per heavy atom. The molecule has 0 aromatic heterocycles. The summed E-state index contributed by atoms with van der Waals surface area (Å²) >= 11 is 12.3. The molecule has 38 heavy (non-hydrogen) atoms. The van der Waals surface area contributed by atoms with Gasteiger partial charge in [-0.05, 0) is 62.1 Å². The predicted molar refractivity (Wildman–Crippen MR) is 151 cm³/mol. The zero-order chi connectivity index (χ0) is 27.9. The largest absolute Gasteiger partial charge is 0.497 e. The normalized spacial score (nSPS) is 14.7. The van der Waals surface area contributed by atoms with Gasteiger partial charge in [-0.3, -0.25) is 13.9 Å². The maximum atomic E-state index is 13.5. The number of halogens is 2. The van der Waals surface area contributed by atoms with Crippen molar-refractivity contribution in [2.75, 3.05) is 24.2 Å². The minimum atomic E-state index is -3.69. The Hall–Kier alpha value is -2.49. The Balaban J connectivity index is 1.75. The zero-order valence-corrected chi connectivity index (χ0v) is 24.3. The van der Waals surface area contributed by atoms with Crippen LogP contribution < -0.4 is 14.4 Å². The number of carbonyl (C=O) groups is 2. The quantitative estimate of drug-likeness (QED) is 0.378. The van der Waals surface area contributed by atoms with E-state index in [0.29, 0.717) is 10.8 Å². The summed E-state index contributed by atoms with van der Waals surface area (Å²) in [4.78, 5) is 28.1. The number of benzene rings is 2. The highest BCUT2D eigenvalue weighted by Gasteiger charge is 2.29. The van der Waals surface area contributed by atoms with Gasteiger partial charge in [0.1, 0.15) is 11.8 Å². The molecule has 2 aromatic carbocycles. The lowest BCUT2D eigenvalue weighted by Gasteiger charge is -2.30. The molecule has 2 amide bonds. The van der Waals surface area contributed by atoms with E-state index in [2.05, 4.69) is 5.32 Å². The van der Waals surface area contributed by atoms with Crippen LogP contribution >= 0.6 is 23.2 Å². The fraction of sp³-hybridized carbons (Fsp3) is 0.481. The van der Waals surface area contributed by atoms with Crippen molar-refractivity contribution in [3.63, 3.8) is 0 Å². The number of hydrogen-bond donors (Lipinski definition) is 1. The number of anilines is 1. The van der Waals surface area contributed by atoms with Gasteiger partial charge in [-0.1, -0.05) is 48.2 Å². The smallest absolute Gasteiger partial charge is 0.242 e. The van der Waals surface area contributed by atoms with Crippen molar-refractivity contribution < 1.29 is 22.7 Å². The van der Waals surface area contributed by atoms with Gasteiger partial charge in [0.15, 0.2) is 0 Å². The molecular weight excluding hydrogens is 549 g/mol. The Morgan fingerprint density at radius 2 is 1.84 bits per heavy atom. The van der Waals surface area contributed by atoms with Gasteiger partial charge in [0.2, 0.25) is 21.8 Å². The molecule has 1 unspecified atom stereocenters. The molecule has 1 atom stereocenters. The van der Waals surface area contributed by atoms with Crippen LogP contribution in [0.15, 0.2) is 42.5 Å². The first-order valence-electron chi connectivity index (χ1n) is 12.6. The van der Waals surface area contributed by atoms with Gasteiger partial charge >= 0.3 is 0 Å². The summed E-state index contributed by atoms with van der Waals surface area (Å²) in [6, 6.07) is 11.4. The number of rotatable bonds is 12. The number of amides is 2. The molecule has 8 nitrogen and oxygen atoms in total. The minimum absolute atomic E-state index is 0.0281. The van der Waals surface area contributed by atoms with Gasteiger partial charge in [-0.2, -0.15) is 0 Å². The fourth-order valence-corrected chi connectivity index (χ4v) is 6.01. The third-order valence-corrected chi connectivity index (χ3v) is 8.42. The molecule has 0 aliphatic heterocycles. The van der Waals surface area contributed by atoms with Crippen molar-refractivity contribution in [2.45, 2.75) is 64.1 Å². The van der Waals surface area contributed by atoms with E-state index in [-0.39, 0.29) is 54.5 Å². The lowest BCUT2D eigenvalue weighted by atomic mass is 10.1. The average molecular weight is 585 g/mol. The van der Waals surface area contributed by atoms with Crippen molar-refractivity contribution in [2.24, 2.45) is 0 Å². The maximum absolute atomic E-state index is 13.5. The molecule has 0 spiro atoms. The predicted octanol–water partition coefficient (Wildman–Crippen LogP) is 5.02. The average Bonchev–Trinajstić information content (AvgIpc) is 3.38. The first kappa shape index (κ1) is 30.1. The monoisotopic (exact) mass is 583 g/mol. The lowest BCUT2D eigenvalue weighted by molar-refractivity contribution is -0.141. The standard InChI is InChI=1S/C27H35Cl2N3O5S/c1-19(27(34)30-22-9-4-5-10-22)31(18-20-8-6-11-23(16-20)37-2)26(33)12-7-15-32(38(3,35)36)25-17-21(28)13-14-24(25)29/h6,8,11,13-14,16-17,19,22H,4-5,7,9-10,12,15,18H2,1-3H3,(H,30,34). The number of sulfonamides is 1. The van der Waals surface area contributed by atoms with Gasteiger partial charge in [-0.15, -0.1) is 0 Å². The highest BCUT2D eigenvalue weighted by Crippen LogP contribution is 2.31. The first-order chi connectivity index (χ1) is 18.0. The van der Waals surface area contributed by atoms with Gasteiger partial charge in [-0.25, -0.2) is 8.42 Å². The summed E-state index contributed by atoms with van der Waals surface area (Å²) in [7, 11) is -2.12. The van der Waals surface area contributed by atoms with Gasteiger partial charge in [0.05, 0.1) is 24.1 Å². The second-order valence-corrected chi connectivity index (χ2v) is 12.3. The number of methoxy groups -OCH3 is 1. The van der Waals surface area contributed by atoms with Gasteiger partial charge in [0, 0.05) is 30.6 Å². The molecule has 1 aliphatic rings. The number of ether oxygens (including phenoxy) is 1. The molecule has 1 fully saturated rings. The van der Waals surface area contributed by atoms with Gasteiger partial charge < -0.3 is 15.0 Å². The van der Waals surface area contributed by atoms with Crippen LogP contribution in [0.3, 0.4) is 0 Å². The Bertz CT molecular complexity index is 1230. The van der Waals surface area contributed by atoms with Crippen LogP contribution in [0.1, 0.15) is 51.0 Å². The molecule has 208 valence electrons. The van der Waals surface area contributed by atoms with E-state index in [9.17, 15) is 18.0 Å². The van der Waals surface area contributed by atoms with Crippen molar-refractivity contribution in [3.8, 4) is 5.75 Å². The van der Waals surface area contributed by atoms with E-state index in [1.165, 1.54) is 17.0 Å². The summed E-state index contributed by atoms with van der Waals surface area (Å²) in [5.74, 6) is 0.198. The zero-order valence-electron chi connectivity index (χ0n) is 22.0. The van der Waals surface area contributed by atoms with E-state index in [1.807, 2.05) is 24.3 Å². The molecule has 0 heterocycles. The van der Waals surface area contributed by atoms with E-state index < -0.39 is 16.1 Å². The third-order valence-electron chi connectivity index (χ3n) is 6.68. The summed E-state index contributed by atoms with van der Waals surface area (Å²) in [5.41, 5.74) is 1.08. The van der Waals surface area contributed by atoms with Crippen LogP contribution in [-0.4, -0.2) is 57.1 Å². The van der Waals surface area contributed by atoms with Crippen LogP contribution in [0, 0.1) is 0 Å². The lowest BCUT2D eigenvalue weighted by Crippen LogP contribution is -2.49. The number of carbonyl (C=O) groups excluding carboxylic acids is 2. The molecule has 3 rings (SSSR count). The van der Waals surface area contributed by atoms with Crippen LogP contribution in [-0.2, 0) is 26.2 Å². The number of hydrogen-bond acceptors (Lipinski definition) is 5. The van der Waals surface area contributed by atoms with Crippen molar-refractivity contribution >= 4 is 50.7 Å². The summed E-state index contributed by atoms with van der Waals surface area (Å²) < 4.78 is 31.5. The van der Waals surface area contributed by atoms with Crippen LogP contribution in [0.25, 0.3) is 0 Å². The van der Waals surface area contributed by atoms with Gasteiger partial charge in [0.25, 0.3) is 0 Å². The van der Waals surface area contributed by atoms with E-state index >= 15 is 0 Å². The molecule has 0 saturated heterocycles.